The van der Waals surface area contributed by atoms with Gasteiger partial charge in [-0.3, -0.25) is 18.7 Å². The first-order chi connectivity index (χ1) is 12.4. The lowest BCUT2D eigenvalue weighted by atomic mass is 10.2. The third-order valence-corrected chi connectivity index (χ3v) is 4.22. The molecule has 2 aromatic carbocycles. The number of nitrogens with one attached hydrogen (secondary N) is 1. The first-order valence-electron chi connectivity index (χ1n) is 7.74. The number of nitrogens with zero attached hydrogens (tertiary/aromatic N) is 2. The van der Waals surface area contributed by atoms with Crippen molar-refractivity contribution in [2.24, 2.45) is 7.05 Å². The summed E-state index contributed by atoms with van der Waals surface area (Å²) in [6.45, 7) is -0.261. The van der Waals surface area contributed by atoms with Crippen LogP contribution in [0.3, 0.4) is 0 Å². The summed E-state index contributed by atoms with van der Waals surface area (Å²) < 4.78 is 7.43. The van der Waals surface area contributed by atoms with Crippen molar-refractivity contribution in [1.29, 1.82) is 0 Å². The fourth-order valence-electron chi connectivity index (χ4n) is 2.71. The lowest BCUT2D eigenvalue weighted by Crippen LogP contribution is -2.40. The Morgan fingerprint density at radius 1 is 1.19 bits per heavy atom. The summed E-state index contributed by atoms with van der Waals surface area (Å²) >= 11 is 5.96. The number of ether oxygens (including phenoxy) is 1. The third kappa shape index (κ3) is 3.21. The minimum Gasteiger partial charge on any atom is -0.495 e. The molecule has 134 valence electrons. The van der Waals surface area contributed by atoms with Crippen LogP contribution in [0.25, 0.3) is 10.9 Å². The van der Waals surface area contributed by atoms with E-state index in [9.17, 15) is 14.4 Å². The van der Waals surface area contributed by atoms with E-state index >= 15 is 0 Å². The summed E-state index contributed by atoms with van der Waals surface area (Å²) in [6.07, 6.45) is 0. The lowest BCUT2D eigenvalue weighted by molar-refractivity contribution is -0.116. The predicted molar refractivity (Wildman–Crippen MR) is 100 cm³/mol. The largest absolute Gasteiger partial charge is 0.495 e. The molecule has 0 atom stereocenters. The molecule has 7 nitrogen and oxygen atoms in total. The number of methoxy groups -OCH3 is 1. The van der Waals surface area contributed by atoms with E-state index in [0.717, 1.165) is 4.57 Å². The van der Waals surface area contributed by atoms with Crippen LogP contribution in [0.1, 0.15) is 0 Å². The highest BCUT2D eigenvalue weighted by molar-refractivity contribution is 6.31. The van der Waals surface area contributed by atoms with Gasteiger partial charge in [0.1, 0.15) is 12.3 Å². The molecule has 0 radical (unpaired) electrons. The van der Waals surface area contributed by atoms with Crippen molar-refractivity contribution in [3.63, 3.8) is 0 Å². The molecule has 0 saturated carbocycles. The number of carbonyl (C=O) groups excluding carboxylic acids is 1. The van der Waals surface area contributed by atoms with E-state index < -0.39 is 17.2 Å². The molecule has 0 unspecified atom stereocenters. The molecule has 1 amide bonds. The van der Waals surface area contributed by atoms with Crippen molar-refractivity contribution < 1.29 is 9.53 Å². The van der Waals surface area contributed by atoms with Gasteiger partial charge in [0, 0.05) is 12.1 Å². The number of carbonyl (C=O) groups is 1. The van der Waals surface area contributed by atoms with Gasteiger partial charge in [0.25, 0.3) is 5.56 Å². The zero-order valence-corrected chi connectivity index (χ0v) is 14.9. The van der Waals surface area contributed by atoms with Gasteiger partial charge in [-0.05, 0) is 30.3 Å². The van der Waals surface area contributed by atoms with Crippen LogP contribution in [0, 0.1) is 0 Å². The normalized spacial score (nSPS) is 10.7. The third-order valence-electron chi connectivity index (χ3n) is 3.99. The van der Waals surface area contributed by atoms with Crippen molar-refractivity contribution in [1.82, 2.24) is 9.13 Å². The zero-order chi connectivity index (χ0) is 18.8. The summed E-state index contributed by atoms with van der Waals surface area (Å²) in [5.74, 6) is -0.00288. The van der Waals surface area contributed by atoms with Gasteiger partial charge in [-0.15, -0.1) is 0 Å². The maximum atomic E-state index is 12.5. The number of anilines is 1. The van der Waals surface area contributed by atoms with Gasteiger partial charge in [0.15, 0.2) is 0 Å². The fourth-order valence-corrected chi connectivity index (χ4v) is 2.88. The number of hydrogen-bond donors (Lipinski definition) is 1. The number of benzene rings is 2. The quantitative estimate of drug-likeness (QED) is 0.758. The highest BCUT2D eigenvalue weighted by Crippen LogP contribution is 2.27. The van der Waals surface area contributed by atoms with E-state index in [2.05, 4.69) is 5.32 Å². The Bertz CT molecular complexity index is 1120. The molecule has 3 aromatic rings. The molecule has 1 aromatic heterocycles. The van der Waals surface area contributed by atoms with E-state index in [1.807, 2.05) is 0 Å². The van der Waals surface area contributed by atoms with E-state index in [-0.39, 0.29) is 6.54 Å². The SMILES string of the molecule is COc1ccc(Cl)cc1NC(=O)Cn1c(=O)n(C)c(=O)c2ccccc21. The molecule has 0 aliphatic rings. The van der Waals surface area contributed by atoms with Crippen LogP contribution in [0.15, 0.2) is 52.1 Å². The molecule has 0 aliphatic heterocycles. The van der Waals surface area contributed by atoms with E-state index in [1.165, 1.54) is 18.7 Å². The maximum absolute atomic E-state index is 12.5. The van der Waals surface area contributed by atoms with Crippen LogP contribution in [0.2, 0.25) is 5.02 Å². The molecule has 1 N–H and O–H groups in total. The molecule has 8 heteroatoms. The highest BCUT2D eigenvalue weighted by atomic mass is 35.5. The highest BCUT2D eigenvalue weighted by Gasteiger charge is 2.14. The van der Waals surface area contributed by atoms with Crippen molar-refractivity contribution in [2.75, 3.05) is 12.4 Å². The molecule has 0 bridgehead atoms. The van der Waals surface area contributed by atoms with Crippen molar-refractivity contribution in [2.45, 2.75) is 6.54 Å². The summed E-state index contributed by atoms with van der Waals surface area (Å²) in [7, 11) is 2.86. The second kappa shape index (κ2) is 7.05. The number of fused-ring (bicyclic) bond motifs is 1. The van der Waals surface area contributed by atoms with Gasteiger partial charge in [0.2, 0.25) is 5.91 Å². The first kappa shape index (κ1) is 17.8. The minimum atomic E-state index is -0.568. The summed E-state index contributed by atoms with van der Waals surface area (Å²) in [6, 6.07) is 11.5. The monoisotopic (exact) mass is 373 g/mol. The Labute approximate surface area is 153 Å². The Hall–Kier alpha value is -3.06. The molecule has 1 heterocycles. The number of halogens is 1. The van der Waals surface area contributed by atoms with Crippen LogP contribution in [0.5, 0.6) is 5.75 Å². The Balaban J connectivity index is 2.00. The molecule has 3 rings (SSSR count). The Morgan fingerprint density at radius 2 is 1.92 bits per heavy atom. The lowest BCUT2D eigenvalue weighted by Gasteiger charge is -2.13. The van der Waals surface area contributed by atoms with Crippen LogP contribution in [0.4, 0.5) is 5.69 Å². The van der Waals surface area contributed by atoms with Crippen molar-refractivity contribution in [3.8, 4) is 5.75 Å². The maximum Gasteiger partial charge on any atom is 0.331 e. The van der Waals surface area contributed by atoms with Crippen LogP contribution in [-0.2, 0) is 18.4 Å². The minimum absolute atomic E-state index is 0.261. The summed E-state index contributed by atoms with van der Waals surface area (Å²) in [4.78, 5) is 37.2. The number of para-hydroxylation sites is 1. The van der Waals surface area contributed by atoms with Gasteiger partial charge in [-0.1, -0.05) is 23.7 Å². The number of aromatic nitrogens is 2. The van der Waals surface area contributed by atoms with E-state index in [4.69, 9.17) is 16.3 Å². The molecule has 0 spiro atoms. The smallest absolute Gasteiger partial charge is 0.331 e. The van der Waals surface area contributed by atoms with Crippen LogP contribution in [-0.4, -0.2) is 22.2 Å². The molecule has 26 heavy (non-hydrogen) atoms. The molecule has 0 aliphatic carbocycles. The van der Waals surface area contributed by atoms with Gasteiger partial charge in [-0.25, -0.2) is 4.79 Å². The van der Waals surface area contributed by atoms with E-state index in [0.29, 0.717) is 27.4 Å². The van der Waals surface area contributed by atoms with Gasteiger partial charge >= 0.3 is 5.69 Å². The average molecular weight is 374 g/mol. The second-order valence-electron chi connectivity index (χ2n) is 5.64. The second-order valence-corrected chi connectivity index (χ2v) is 6.08. The average Bonchev–Trinajstić information content (AvgIpc) is 2.63. The first-order valence-corrected chi connectivity index (χ1v) is 8.12. The standard InChI is InChI=1S/C18H16ClN3O4/c1-21-17(24)12-5-3-4-6-14(12)22(18(21)25)10-16(23)20-13-9-11(19)7-8-15(13)26-2/h3-9H,10H2,1-2H3,(H,20,23). The van der Waals surface area contributed by atoms with Crippen molar-refractivity contribution >= 4 is 34.1 Å². The number of rotatable bonds is 4. The molecule has 0 fully saturated rings. The zero-order valence-electron chi connectivity index (χ0n) is 14.2. The van der Waals surface area contributed by atoms with Gasteiger partial charge in [-0.2, -0.15) is 0 Å². The van der Waals surface area contributed by atoms with E-state index in [1.54, 1.807) is 42.5 Å². The predicted octanol–water partition coefficient (Wildman–Crippen LogP) is 2.00. The molecule has 0 saturated heterocycles. The molecular formula is C18H16ClN3O4. The van der Waals surface area contributed by atoms with Gasteiger partial charge in [0.05, 0.1) is 23.7 Å². The Morgan fingerprint density at radius 3 is 2.65 bits per heavy atom. The van der Waals surface area contributed by atoms with Crippen LogP contribution >= 0.6 is 11.6 Å². The van der Waals surface area contributed by atoms with Crippen LogP contribution < -0.4 is 21.3 Å². The fraction of sp³-hybridized carbons (Fsp3) is 0.167. The summed E-state index contributed by atoms with van der Waals surface area (Å²) in [5.41, 5.74) is -0.179. The number of amides is 1. The Kier molecular flexibility index (Phi) is 4.81. The summed E-state index contributed by atoms with van der Waals surface area (Å²) in [5, 5.41) is 3.48. The number of hydrogen-bond acceptors (Lipinski definition) is 4. The topological polar surface area (TPSA) is 82.3 Å². The van der Waals surface area contributed by atoms with Gasteiger partial charge < -0.3 is 10.1 Å². The molecular weight excluding hydrogens is 358 g/mol. The van der Waals surface area contributed by atoms with Crippen molar-refractivity contribution in [3.05, 3.63) is 68.3 Å².